The van der Waals surface area contributed by atoms with Crippen molar-refractivity contribution in [3.8, 4) is 16.3 Å². The van der Waals surface area contributed by atoms with Gasteiger partial charge in [0.05, 0.1) is 32.9 Å². The number of fused-ring (bicyclic) bond motifs is 2. The van der Waals surface area contributed by atoms with E-state index in [4.69, 9.17) is 0 Å². The van der Waals surface area contributed by atoms with Crippen molar-refractivity contribution in [1.29, 1.82) is 0 Å². The maximum absolute atomic E-state index is 15.7. The van der Waals surface area contributed by atoms with Crippen LogP contribution in [-0.4, -0.2) is 55.0 Å². The first-order valence-corrected chi connectivity index (χ1v) is 14.6. The molecule has 0 unspecified atom stereocenters. The van der Waals surface area contributed by atoms with Crippen molar-refractivity contribution in [2.45, 2.75) is 25.8 Å². The highest BCUT2D eigenvalue weighted by atomic mass is 32.1. The number of anilines is 1. The molecule has 1 aliphatic rings. The van der Waals surface area contributed by atoms with Gasteiger partial charge in [0.2, 0.25) is 0 Å². The third-order valence-corrected chi connectivity index (χ3v) is 8.91. The second kappa shape index (κ2) is 10.1. The number of hydrogen-bond acceptors (Lipinski definition) is 9. The Labute approximate surface area is 236 Å². The number of halogens is 1. The van der Waals surface area contributed by atoms with Crippen molar-refractivity contribution in [2.75, 3.05) is 18.0 Å². The maximum Gasteiger partial charge on any atom is 0.262 e. The second-order valence-electron chi connectivity index (χ2n) is 9.60. The average Bonchev–Trinajstić information content (AvgIpc) is 3.72. The highest BCUT2D eigenvalue weighted by Gasteiger charge is 2.32. The molecule has 6 aromatic rings. The van der Waals surface area contributed by atoms with Gasteiger partial charge in [0.15, 0.2) is 5.65 Å². The Morgan fingerprint density at radius 1 is 1.18 bits per heavy atom. The van der Waals surface area contributed by atoms with Gasteiger partial charge in [0.25, 0.3) is 5.91 Å². The van der Waals surface area contributed by atoms with Gasteiger partial charge in [-0.1, -0.05) is 5.21 Å². The lowest BCUT2D eigenvalue weighted by atomic mass is 10.0. The van der Waals surface area contributed by atoms with Crippen LogP contribution in [-0.2, 0) is 0 Å². The van der Waals surface area contributed by atoms with Crippen molar-refractivity contribution in [1.82, 2.24) is 35.3 Å². The number of aromatic nitrogens is 6. The molecule has 1 saturated heterocycles. The van der Waals surface area contributed by atoms with E-state index in [0.29, 0.717) is 29.2 Å². The van der Waals surface area contributed by atoms with E-state index in [-0.39, 0.29) is 11.6 Å². The topological polar surface area (TPSA) is 102 Å². The van der Waals surface area contributed by atoms with Crippen LogP contribution in [0.15, 0.2) is 60.2 Å². The molecule has 0 saturated carbocycles. The molecule has 9 nitrogen and oxygen atoms in total. The number of pyridine rings is 2. The van der Waals surface area contributed by atoms with Crippen molar-refractivity contribution in [3.05, 3.63) is 76.6 Å². The van der Waals surface area contributed by atoms with Gasteiger partial charge in [-0.2, -0.15) is 4.68 Å². The predicted octanol–water partition coefficient (Wildman–Crippen LogP) is 5.40. The van der Waals surface area contributed by atoms with Crippen LogP contribution in [0.3, 0.4) is 0 Å². The van der Waals surface area contributed by atoms with Crippen molar-refractivity contribution in [3.63, 3.8) is 0 Å². The molecule has 0 bridgehead atoms. The van der Waals surface area contributed by atoms with E-state index < -0.39 is 11.7 Å². The number of carbonyl (C=O) groups excluding carboxylic acids is 1. The first-order valence-electron chi connectivity index (χ1n) is 12.9. The van der Waals surface area contributed by atoms with Crippen molar-refractivity contribution >= 4 is 55.6 Å². The van der Waals surface area contributed by atoms with Crippen molar-refractivity contribution in [2.24, 2.45) is 0 Å². The molecule has 0 aliphatic carbocycles. The number of benzene rings is 1. The number of piperidine rings is 1. The summed E-state index contributed by atoms with van der Waals surface area (Å²) in [5.74, 6) is -0.552. The Bertz CT molecular complexity index is 1870. The highest BCUT2D eigenvalue weighted by molar-refractivity contribution is 7.22. The monoisotopic (exact) mass is 570 g/mol. The van der Waals surface area contributed by atoms with Gasteiger partial charge < -0.3 is 5.32 Å². The Balaban J connectivity index is 1.31. The molecule has 1 N–H and O–H groups in total. The van der Waals surface area contributed by atoms with E-state index in [2.05, 4.69) is 30.6 Å². The predicted molar refractivity (Wildman–Crippen MR) is 155 cm³/mol. The zero-order valence-electron chi connectivity index (χ0n) is 21.4. The highest BCUT2D eigenvalue weighted by Crippen LogP contribution is 2.39. The van der Waals surface area contributed by atoms with Gasteiger partial charge in [0, 0.05) is 40.5 Å². The lowest BCUT2D eigenvalue weighted by Gasteiger charge is -2.34. The van der Waals surface area contributed by atoms with Gasteiger partial charge in [0.1, 0.15) is 17.2 Å². The third kappa shape index (κ3) is 4.34. The Morgan fingerprint density at radius 2 is 2.10 bits per heavy atom. The van der Waals surface area contributed by atoms with Gasteiger partial charge >= 0.3 is 0 Å². The number of nitrogens with zero attached hydrogens (tertiary/aromatic N) is 7. The summed E-state index contributed by atoms with van der Waals surface area (Å²) < 4.78 is 18.2. The van der Waals surface area contributed by atoms with E-state index in [1.54, 1.807) is 58.2 Å². The second-order valence-corrected chi connectivity index (χ2v) is 11.7. The molecule has 6 heterocycles. The summed E-state index contributed by atoms with van der Waals surface area (Å²) in [4.78, 5) is 30.5. The van der Waals surface area contributed by atoms with E-state index in [0.717, 1.165) is 45.1 Å². The molecule has 1 fully saturated rings. The number of amides is 1. The number of aryl methyl sites for hydroxylation is 1. The largest absolute Gasteiger partial charge is 0.315 e. The molecule has 5 aromatic heterocycles. The van der Waals surface area contributed by atoms with E-state index in [1.807, 2.05) is 24.4 Å². The zero-order chi connectivity index (χ0) is 27.2. The minimum Gasteiger partial charge on any atom is -0.315 e. The Kier molecular flexibility index (Phi) is 6.29. The first-order chi connectivity index (χ1) is 19.6. The third-order valence-electron chi connectivity index (χ3n) is 7.02. The first kappa shape index (κ1) is 24.9. The molecule has 1 amide bonds. The molecule has 7 rings (SSSR count). The fourth-order valence-electron chi connectivity index (χ4n) is 5.11. The van der Waals surface area contributed by atoms with Gasteiger partial charge in [-0.3, -0.25) is 9.69 Å². The molecule has 1 atom stereocenters. The molecule has 0 radical (unpaired) electrons. The van der Waals surface area contributed by atoms with Crippen LogP contribution in [0.2, 0.25) is 0 Å². The van der Waals surface area contributed by atoms with Gasteiger partial charge in [-0.15, -0.1) is 27.8 Å². The van der Waals surface area contributed by atoms with Crippen LogP contribution in [0.1, 0.15) is 28.2 Å². The molecule has 1 aromatic carbocycles. The number of nitrogens with one attached hydrogen (secondary N) is 1. The molecule has 40 heavy (non-hydrogen) atoms. The SMILES string of the molecule is Cc1nc(-c2cc3c(N(C(=O)c4ccc(-n5nnc6cccnc65)cc4F)[C@@H]4CCCNC4)nccc3s2)cs1. The number of hydrogen-bond donors (Lipinski definition) is 1. The smallest absolute Gasteiger partial charge is 0.262 e. The molecule has 12 heteroatoms. The standard InChI is InChI=1S/C28H23FN8OS2/c1-16-33-23(15-39-16)25-13-20-24(40-25)8-11-32-26(20)36(18-4-2-9-30-14-18)28(38)19-7-6-17(12-21(19)29)37-27-22(34-35-37)5-3-10-31-27/h3,5-8,10-13,15,18,30H,2,4,9,14H2,1H3/t18-/m1/s1. The quantitative estimate of drug-likeness (QED) is 0.296. The number of rotatable bonds is 5. The summed E-state index contributed by atoms with van der Waals surface area (Å²) in [5.41, 5.74) is 2.42. The lowest BCUT2D eigenvalue weighted by molar-refractivity contribution is 0.0968. The summed E-state index contributed by atoms with van der Waals surface area (Å²) in [5, 5.41) is 15.5. The summed E-state index contributed by atoms with van der Waals surface area (Å²) in [6.07, 6.45) is 5.04. The minimum atomic E-state index is -0.646. The Morgan fingerprint density at radius 3 is 2.90 bits per heavy atom. The van der Waals surface area contributed by atoms with E-state index in [9.17, 15) is 4.79 Å². The normalized spacial score (nSPS) is 15.6. The van der Waals surface area contributed by atoms with Crippen LogP contribution in [0, 0.1) is 12.7 Å². The maximum atomic E-state index is 15.7. The van der Waals surface area contributed by atoms with Crippen LogP contribution in [0.4, 0.5) is 10.2 Å². The van der Waals surface area contributed by atoms with Crippen molar-refractivity contribution < 1.29 is 9.18 Å². The molecular weight excluding hydrogens is 547 g/mol. The summed E-state index contributed by atoms with van der Waals surface area (Å²) in [7, 11) is 0. The molecule has 200 valence electrons. The van der Waals surface area contributed by atoms with Crippen LogP contribution >= 0.6 is 22.7 Å². The van der Waals surface area contributed by atoms with Crippen LogP contribution in [0.5, 0.6) is 0 Å². The summed E-state index contributed by atoms with van der Waals surface area (Å²) in [6.45, 7) is 3.46. The number of thiazole rings is 1. The zero-order valence-corrected chi connectivity index (χ0v) is 23.0. The lowest BCUT2D eigenvalue weighted by Crippen LogP contribution is -2.49. The van der Waals surface area contributed by atoms with Crippen LogP contribution < -0.4 is 10.2 Å². The number of carbonyl (C=O) groups is 1. The minimum absolute atomic E-state index is 0.0314. The molecule has 0 spiro atoms. The summed E-state index contributed by atoms with van der Waals surface area (Å²) in [6, 6.07) is 11.8. The summed E-state index contributed by atoms with van der Waals surface area (Å²) >= 11 is 3.21. The van der Waals surface area contributed by atoms with Crippen LogP contribution in [0.25, 0.3) is 37.5 Å². The molecular formula is C28H23FN8OS2. The fraction of sp³-hybridized carbons (Fsp3) is 0.214. The van der Waals surface area contributed by atoms with E-state index in [1.165, 1.54) is 16.8 Å². The number of thiophene rings is 1. The van der Waals surface area contributed by atoms with E-state index >= 15 is 4.39 Å². The van der Waals surface area contributed by atoms with Gasteiger partial charge in [-0.25, -0.2) is 19.3 Å². The average molecular weight is 571 g/mol. The fourth-order valence-corrected chi connectivity index (χ4v) is 6.81. The Hall–Kier alpha value is -4.13. The molecule has 1 aliphatic heterocycles. The van der Waals surface area contributed by atoms with Gasteiger partial charge in [-0.05, 0) is 62.7 Å².